The van der Waals surface area contributed by atoms with Gasteiger partial charge in [0.25, 0.3) is 5.56 Å². The zero-order valence-electron chi connectivity index (χ0n) is 13.1. The summed E-state index contributed by atoms with van der Waals surface area (Å²) in [6, 6.07) is 13.0. The van der Waals surface area contributed by atoms with Crippen LogP contribution >= 0.6 is 11.8 Å². The molecule has 0 fully saturated rings. The highest BCUT2D eigenvalue weighted by atomic mass is 32.2. The Labute approximate surface area is 147 Å². The van der Waals surface area contributed by atoms with Gasteiger partial charge in [-0.25, -0.2) is 4.98 Å². The second-order valence-electron chi connectivity index (χ2n) is 5.06. The first-order valence-corrected chi connectivity index (χ1v) is 8.43. The summed E-state index contributed by atoms with van der Waals surface area (Å²) in [4.78, 5) is 23.0. The van der Waals surface area contributed by atoms with Gasteiger partial charge in [0.15, 0.2) is 5.16 Å². The van der Waals surface area contributed by atoms with Gasteiger partial charge in [-0.3, -0.25) is 9.78 Å². The Balaban J connectivity index is 2.07. The molecule has 1 N–H and O–H groups in total. The molecule has 1 aromatic carbocycles. The van der Waals surface area contributed by atoms with Crippen molar-refractivity contribution in [3.05, 3.63) is 64.2 Å². The number of benzene rings is 1. The normalized spacial score (nSPS) is 10.0. The average molecular weight is 345 g/mol. The molecule has 0 saturated carbocycles. The molecule has 3 aromatic rings. The van der Waals surface area contributed by atoms with Gasteiger partial charge >= 0.3 is 0 Å². The van der Waals surface area contributed by atoms with Crippen LogP contribution in [0.5, 0.6) is 0 Å². The molecule has 0 unspecified atom stereocenters. The van der Waals surface area contributed by atoms with Crippen LogP contribution in [0.3, 0.4) is 0 Å². The van der Waals surface area contributed by atoms with E-state index in [0.717, 1.165) is 11.1 Å². The lowest BCUT2D eigenvalue weighted by atomic mass is 10.0. The Morgan fingerprint density at radius 3 is 2.40 bits per heavy atom. The topological polar surface area (TPSA) is 106 Å². The van der Waals surface area contributed by atoms with Gasteiger partial charge in [0.1, 0.15) is 17.7 Å². The summed E-state index contributed by atoms with van der Waals surface area (Å²) in [6.07, 6.45) is 4.97. The molecule has 2 aromatic heterocycles. The van der Waals surface area contributed by atoms with Gasteiger partial charge in [-0.15, -0.1) is 0 Å². The van der Waals surface area contributed by atoms with E-state index in [9.17, 15) is 10.1 Å². The Kier molecular flexibility index (Phi) is 4.60. The SMILES string of the molecule is CSc1nc(-c2ccc(-c3cncc(C#N)c3)cc2)c(C#N)c(=O)[nH]1. The third-order valence-electron chi connectivity index (χ3n) is 3.56. The molecule has 6 nitrogen and oxygen atoms in total. The van der Waals surface area contributed by atoms with Gasteiger partial charge in [-0.2, -0.15) is 10.5 Å². The van der Waals surface area contributed by atoms with Crippen LogP contribution in [0.2, 0.25) is 0 Å². The minimum absolute atomic E-state index is 0.0151. The van der Waals surface area contributed by atoms with Crippen molar-refractivity contribution < 1.29 is 0 Å². The van der Waals surface area contributed by atoms with Gasteiger partial charge in [-0.05, 0) is 17.9 Å². The van der Waals surface area contributed by atoms with Crippen molar-refractivity contribution in [2.24, 2.45) is 0 Å². The largest absolute Gasteiger partial charge is 0.300 e. The van der Waals surface area contributed by atoms with E-state index in [-0.39, 0.29) is 5.56 Å². The maximum atomic E-state index is 12.0. The highest BCUT2D eigenvalue weighted by Gasteiger charge is 2.13. The van der Waals surface area contributed by atoms with E-state index in [1.807, 2.05) is 18.2 Å². The van der Waals surface area contributed by atoms with Crippen molar-refractivity contribution in [3.8, 4) is 34.5 Å². The lowest BCUT2D eigenvalue weighted by Gasteiger charge is -2.07. The van der Waals surface area contributed by atoms with Gasteiger partial charge in [0, 0.05) is 23.5 Å². The molecule has 0 saturated heterocycles. The van der Waals surface area contributed by atoms with Crippen LogP contribution in [-0.2, 0) is 0 Å². The van der Waals surface area contributed by atoms with Crippen LogP contribution in [0.1, 0.15) is 11.1 Å². The number of thioether (sulfide) groups is 1. The monoisotopic (exact) mass is 345 g/mol. The number of nitrogens with zero attached hydrogens (tertiary/aromatic N) is 4. The summed E-state index contributed by atoms with van der Waals surface area (Å²) in [5.41, 5.74) is 2.73. The van der Waals surface area contributed by atoms with Gasteiger partial charge in [0.05, 0.1) is 11.3 Å². The van der Waals surface area contributed by atoms with Crippen LogP contribution in [-0.4, -0.2) is 21.2 Å². The maximum Gasteiger partial charge on any atom is 0.270 e. The standard InChI is InChI=1S/C18H11N5OS/c1-25-18-22-16(15(8-20)17(24)23-18)13-4-2-12(3-5-13)14-6-11(7-19)9-21-10-14/h2-6,9-10H,1H3,(H,22,23,24). The summed E-state index contributed by atoms with van der Waals surface area (Å²) < 4.78 is 0. The predicted octanol–water partition coefficient (Wildman–Crippen LogP) is 2.96. The van der Waals surface area contributed by atoms with Gasteiger partial charge < -0.3 is 4.98 Å². The Morgan fingerprint density at radius 1 is 1.04 bits per heavy atom. The predicted molar refractivity (Wildman–Crippen MR) is 94.7 cm³/mol. The van der Waals surface area contributed by atoms with E-state index in [2.05, 4.69) is 21.0 Å². The number of H-pyrrole nitrogens is 1. The zero-order chi connectivity index (χ0) is 17.8. The first kappa shape index (κ1) is 16.4. The Hall–Kier alpha value is -3.42. The van der Waals surface area contributed by atoms with E-state index in [1.165, 1.54) is 18.0 Å². The summed E-state index contributed by atoms with van der Waals surface area (Å²) in [5.74, 6) is 0. The molecular formula is C18H11N5OS. The molecule has 0 bridgehead atoms. The Bertz CT molecular complexity index is 1070. The first-order valence-electron chi connectivity index (χ1n) is 7.20. The minimum Gasteiger partial charge on any atom is -0.300 e. The molecular weight excluding hydrogens is 334 g/mol. The summed E-state index contributed by atoms with van der Waals surface area (Å²) in [7, 11) is 0. The van der Waals surface area contributed by atoms with Gasteiger partial charge in [-0.1, -0.05) is 36.0 Å². The highest BCUT2D eigenvalue weighted by Crippen LogP contribution is 2.25. The maximum absolute atomic E-state index is 12.0. The van der Waals surface area contributed by atoms with Crippen LogP contribution < -0.4 is 5.56 Å². The Morgan fingerprint density at radius 2 is 1.76 bits per heavy atom. The molecule has 7 heteroatoms. The second-order valence-corrected chi connectivity index (χ2v) is 5.86. The van der Waals surface area contributed by atoms with Crippen LogP contribution in [0.15, 0.2) is 52.7 Å². The zero-order valence-corrected chi connectivity index (χ0v) is 14.0. The molecule has 0 spiro atoms. The fourth-order valence-electron chi connectivity index (χ4n) is 2.34. The highest BCUT2D eigenvalue weighted by molar-refractivity contribution is 7.98. The fourth-order valence-corrected chi connectivity index (χ4v) is 2.72. The number of aromatic nitrogens is 3. The minimum atomic E-state index is -0.452. The molecule has 3 rings (SSSR count). The molecule has 0 radical (unpaired) electrons. The van der Waals surface area contributed by atoms with E-state index < -0.39 is 5.56 Å². The number of nitriles is 2. The van der Waals surface area contributed by atoms with Crippen molar-refractivity contribution in [2.45, 2.75) is 5.16 Å². The van der Waals surface area contributed by atoms with E-state index >= 15 is 0 Å². The van der Waals surface area contributed by atoms with Crippen LogP contribution in [0, 0.1) is 22.7 Å². The number of aromatic amines is 1. The van der Waals surface area contributed by atoms with Crippen LogP contribution in [0.4, 0.5) is 0 Å². The fraction of sp³-hybridized carbons (Fsp3) is 0.0556. The van der Waals surface area contributed by atoms with E-state index in [4.69, 9.17) is 5.26 Å². The van der Waals surface area contributed by atoms with Crippen molar-refractivity contribution >= 4 is 11.8 Å². The third kappa shape index (κ3) is 3.27. The molecule has 0 atom stereocenters. The molecule has 0 amide bonds. The number of nitrogens with one attached hydrogen (secondary N) is 1. The molecule has 25 heavy (non-hydrogen) atoms. The first-order chi connectivity index (χ1) is 12.2. The molecule has 0 aliphatic carbocycles. The summed E-state index contributed by atoms with van der Waals surface area (Å²) >= 11 is 1.30. The van der Waals surface area contributed by atoms with Crippen LogP contribution in [0.25, 0.3) is 22.4 Å². The lowest BCUT2D eigenvalue weighted by Crippen LogP contribution is -2.14. The molecule has 2 heterocycles. The summed E-state index contributed by atoms with van der Waals surface area (Å²) in [6.45, 7) is 0. The quantitative estimate of drug-likeness (QED) is 0.578. The van der Waals surface area contributed by atoms with E-state index in [0.29, 0.717) is 22.0 Å². The smallest absolute Gasteiger partial charge is 0.270 e. The molecule has 120 valence electrons. The lowest BCUT2D eigenvalue weighted by molar-refractivity contribution is 0.937. The van der Waals surface area contributed by atoms with Crippen molar-refractivity contribution in [1.82, 2.24) is 15.0 Å². The average Bonchev–Trinajstić information content (AvgIpc) is 2.67. The number of pyridine rings is 1. The molecule has 0 aliphatic heterocycles. The number of hydrogen-bond acceptors (Lipinski definition) is 6. The third-order valence-corrected chi connectivity index (χ3v) is 4.14. The number of hydrogen-bond donors (Lipinski definition) is 1. The molecule has 0 aliphatic rings. The number of rotatable bonds is 3. The summed E-state index contributed by atoms with van der Waals surface area (Å²) in [5, 5.41) is 18.7. The van der Waals surface area contributed by atoms with E-state index in [1.54, 1.807) is 30.7 Å². The van der Waals surface area contributed by atoms with Crippen molar-refractivity contribution in [2.75, 3.05) is 6.26 Å². The van der Waals surface area contributed by atoms with Crippen molar-refractivity contribution in [3.63, 3.8) is 0 Å². The second kappa shape index (κ2) is 7.00. The van der Waals surface area contributed by atoms with Crippen molar-refractivity contribution in [1.29, 1.82) is 10.5 Å². The van der Waals surface area contributed by atoms with Gasteiger partial charge in [0.2, 0.25) is 0 Å².